The van der Waals surface area contributed by atoms with Crippen molar-refractivity contribution in [1.29, 1.82) is 0 Å². The summed E-state index contributed by atoms with van der Waals surface area (Å²) in [5, 5.41) is 0. The smallest absolute Gasteiger partial charge is 0.126 e. The van der Waals surface area contributed by atoms with E-state index >= 15 is 0 Å². The quantitative estimate of drug-likeness (QED) is 0.349. The summed E-state index contributed by atoms with van der Waals surface area (Å²) >= 11 is 0. The summed E-state index contributed by atoms with van der Waals surface area (Å²) in [5.41, 5.74) is 6.35. The minimum absolute atomic E-state index is 0.634. The molecule has 1 aliphatic rings. The Kier molecular flexibility index (Phi) is 7.68. The van der Waals surface area contributed by atoms with Crippen molar-refractivity contribution in [2.24, 2.45) is 11.8 Å². The molecule has 0 saturated heterocycles. The predicted molar refractivity (Wildman–Crippen MR) is 137 cm³/mol. The van der Waals surface area contributed by atoms with Crippen LogP contribution in [-0.2, 0) is 0 Å². The van der Waals surface area contributed by atoms with Crippen LogP contribution >= 0.6 is 0 Å². The fourth-order valence-corrected chi connectivity index (χ4v) is 5.93. The van der Waals surface area contributed by atoms with E-state index in [2.05, 4.69) is 86.6 Å². The van der Waals surface area contributed by atoms with Crippen molar-refractivity contribution in [2.75, 3.05) is 7.11 Å². The van der Waals surface area contributed by atoms with Gasteiger partial charge in [0, 0.05) is 5.56 Å². The third-order valence-corrected chi connectivity index (χ3v) is 7.54. The minimum Gasteiger partial charge on any atom is -0.496 e. The Labute approximate surface area is 194 Å². The van der Waals surface area contributed by atoms with E-state index in [0.29, 0.717) is 5.92 Å². The van der Waals surface area contributed by atoms with Crippen LogP contribution in [0.25, 0.3) is 22.3 Å². The van der Waals surface area contributed by atoms with Crippen LogP contribution in [0.3, 0.4) is 0 Å². The van der Waals surface area contributed by atoms with Gasteiger partial charge in [-0.25, -0.2) is 0 Å². The van der Waals surface area contributed by atoms with Crippen LogP contribution < -0.4 is 4.74 Å². The molecule has 0 aliphatic heterocycles. The van der Waals surface area contributed by atoms with Crippen molar-refractivity contribution in [1.82, 2.24) is 0 Å². The molecule has 0 aromatic heterocycles. The van der Waals surface area contributed by atoms with Gasteiger partial charge < -0.3 is 4.74 Å². The molecule has 3 unspecified atom stereocenters. The summed E-state index contributed by atoms with van der Waals surface area (Å²) in [4.78, 5) is 0. The molecule has 1 aliphatic carbocycles. The first-order chi connectivity index (χ1) is 15.7. The lowest BCUT2D eigenvalue weighted by molar-refractivity contribution is 0.185. The van der Waals surface area contributed by atoms with Crippen molar-refractivity contribution in [3.8, 4) is 28.0 Å². The molecular weight excluding hydrogens is 388 g/mol. The van der Waals surface area contributed by atoms with E-state index < -0.39 is 0 Å². The van der Waals surface area contributed by atoms with E-state index in [1.165, 1.54) is 72.8 Å². The summed E-state index contributed by atoms with van der Waals surface area (Å²) in [7, 11) is 1.81. The molecule has 0 heterocycles. The molecule has 4 rings (SSSR count). The Morgan fingerprint density at radius 1 is 0.812 bits per heavy atom. The van der Waals surface area contributed by atoms with Crippen LogP contribution in [-0.4, -0.2) is 7.11 Å². The Morgan fingerprint density at radius 2 is 1.50 bits per heavy atom. The maximum atomic E-state index is 5.91. The second-order valence-corrected chi connectivity index (χ2v) is 9.41. The first-order valence-corrected chi connectivity index (χ1v) is 12.6. The SMILES string of the molecule is CCCC1CCCCC1C(CC)c1ccc(-c2ccc(-c3ccccc3)cc2)c(OC)c1. The van der Waals surface area contributed by atoms with Crippen LogP contribution in [0.2, 0.25) is 0 Å². The van der Waals surface area contributed by atoms with Crippen LogP contribution in [0.15, 0.2) is 72.8 Å². The average molecular weight is 427 g/mol. The monoisotopic (exact) mass is 426 g/mol. The highest BCUT2D eigenvalue weighted by Crippen LogP contribution is 2.45. The molecule has 1 fully saturated rings. The van der Waals surface area contributed by atoms with Gasteiger partial charge in [-0.05, 0) is 58.9 Å². The number of rotatable bonds is 8. The molecule has 1 saturated carbocycles. The van der Waals surface area contributed by atoms with E-state index in [0.717, 1.165) is 17.6 Å². The Balaban J connectivity index is 1.61. The molecule has 0 N–H and O–H groups in total. The summed E-state index contributed by atoms with van der Waals surface area (Å²) in [6, 6.07) is 26.4. The topological polar surface area (TPSA) is 9.23 Å². The van der Waals surface area contributed by atoms with Gasteiger partial charge in [-0.1, -0.05) is 113 Å². The third kappa shape index (κ3) is 4.93. The second kappa shape index (κ2) is 10.9. The zero-order valence-electron chi connectivity index (χ0n) is 20.0. The molecule has 1 nitrogen and oxygen atoms in total. The lowest BCUT2D eigenvalue weighted by atomic mass is 9.68. The summed E-state index contributed by atoms with van der Waals surface area (Å²) in [5.74, 6) is 3.33. The number of hydrogen-bond acceptors (Lipinski definition) is 1. The molecule has 0 amide bonds. The van der Waals surface area contributed by atoms with E-state index in [-0.39, 0.29) is 0 Å². The van der Waals surface area contributed by atoms with Gasteiger partial charge in [0.05, 0.1) is 7.11 Å². The van der Waals surface area contributed by atoms with Crippen molar-refractivity contribution in [2.45, 2.75) is 64.7 Å². The van der Waals surface area contributed by atoms with E-state index in [4.69, 9.17) is 4.74 Å². The van der Waals surface area contributed by atoms with Crippen LogP contribution in [0.5, 0.6) is 5.75 Å². The molecule has 32 heavy (non-hydrogen) atoms. The standard InChI is InChI=1S/C31H38O/c1-4-11-25-14-9-10-15-29(25)28(5-2)27-20-21-30(31(22-27)32-3)26-18-16-24(17-19-26)23-12-7-6-8-13-23/h6-8,12-13,16-22,25,28-29H,4-5,9-11,14-15H2,1-3H3. The molecule has 168 valence electrons. The zero-order chi connectivity index (χ0) is 22.3. The van der Waals surface area contributed by atoms with Crippen molar-refractivity contribution in [3.05, 3.63) is 78.4 Å². The van der Waals surface area contributed by atoms with Gasteiger partial charge in [-0.2, -0.15) is 0 Å². The highest BCUT2D eigenvalue weighted by molar-refractivity contribution is 5.74. The molecule has 1 heteroatoms. The molecule has 0 bridgehead atoms. The summed E-state index contributed by atoms with van der Waals surface area (Å²) in [6.07, 6.45) is 9.50. The van der Waals surface area contributed by atoms with Gasteiger partial charge in [0.15, 0.2) is 0 Å². The highest BCUT2D eigenvalue weighted by Gasteiger charge is 2.31. The van der Waals surface area contributed by atoms with Gasteiger partial charge in [0.2, 0.25) is 0 Å². The fourth-order valence-electron chi connectivity index (χ4n) is 5.93. The van der Waals surface area contributed by atoms with Gasteiger partial charge in [-0.3, -0.25) is 0 Å². The lowest BCUT2D eigenvalue weighted by Crippen LogP contribution is -2.25. The van der Waals surface area contributed by atoms with Crippen molar-refractivity contribution < 1.29 is 4.74 Å². The van der Waals surface area contributed by atoms with Gasteiger partial charge in [0.1, 0.15) is 5.75 Å². The number of methoxy groups -OCH3 is 1. The second-order valence-electron chi connectivity index (χ2n) is 9.41. The van der Waals surface area contributed by atoms with Crippen molar-refractivity contribution >= 4 is 0 Å². The largest absolute Gasteiger partial charge is 0.496 e. The van der Waals surface area contributed by atoms with E-state index in [1.807, 2.05) is 7.11 Å². The first kappa shape index (κ1) is 22.6. The number of ether oxygens (including phenoxy) is 1. The van der Waals surface area contributed by atoms with Gasteiger partial charge >= 0.3 is 0 Å². The Hall–Kier alpha value is -2.54. The Bertz CT molecular complexity index is 971. The fraction of sp³-hybridized carbons (Fsp3) is 0.419. The molecular formula is C31H38O. The van der Waals surface area contributed by atoms with Crippen molar-refractivity contribution in [3.63, 3.8) is 0 Å². The number of hydrogen-bond donors (Lipinski definition) is 0. The van der Waals surface area contributed by atoms with E-state index in [9.17, 15) is 0 Å². The summed E-state index contributed by atoms with van der Waals surface area (Å²) in [6.45, 7) is 4.71. The van der Waals surface area contributed by atoms with Gasteiger partial charge in [-0.15, -0.1) is 0 Å². The van der Waals surface area contributed by atoms with Crippen LogP contribution in [0.1, 0.15) is 70.3 Å². The Morgan fingerprint density at radius 3 is 2.19 bits per heavy atom. The molecule has 3 aromatic carbocycles. The van der Waals surface area contributed by atoms with E-state index in [1.54, 1.807) is 0 Å². The maximum Gasteiger partial charge on any atom is 0.126 e. The number of benzene rings is 3. The van der Waals surface area contributed by atoms with Crippen LogP contribution in [0, 0.1) is 11.8 Å². The minimum atomic E-state index is 0.634. The first-order valence-electron chi connectivity index (χ1n) is 12.6. The summed E-state index contributed by atoms with van der Waals surface area (Å²) < 4.78 is 5.91. The third-order valence-electron chi connectivity index (χ3n) is 7.54. The van der Waals surface area contributed by atoms with Crippen LogP contribution in [0.4, 0.5) is 0 Å². The molecule has 3 aromatic rings. The molecule has 3 atom stereocenters. The highest BCUT2D eigenvalue weighted by atomic mass is 16.5. The molecule has 0 radical (unpaired) electrons. The molecule has 0 spiro atoms. The zero-order valence-corrected chi connectivity index (χ0v) is 20.0. The van der Waals surface area contributed by atoms with Gasteiger partial charge in [0.25, 0.3) is 0 Å². The maximum absolute atomic E-state index is 5.91. The lowest BCUT2D eigenvalue weighted by Gasteiger charge is -2.37. The normalized spacial score (nSPS) is 19.5. The average Bonchev–Trinajstić information content (AvgIpc) is 2.86. The predicted octanol–water partition coefficient (Wildman–Crippen LogP) is 9.13.